The Hall–Kier alpha value is -0.810. The number of aliphatic hydroxyl groups is 1. The zero-order valence-electron chi connectivity index (χ0n) is 10.2. The predicted molar refractivity (Wildman–Crippen MR) is 70.2 cm³/mol. The van der Waals surface area contributed by atoms with Gasteiger partial charge in [-0.3, -0.25) is 4.90 Å². The van der Waals surface area contributed by atoms with Gasteiger partial charge in [0.25, 0.3) is 0 Å². The minimum Gasteiger partial charge on any atom is -0.491 e. The average molecular weight is 272 g/mol. The van der Waals surface area contributed by atoms with E-state index < -0.39 is 0 Å². The summed E-state index contributed by atoms with van der Waals surface area (Å²) in [5, 5.41) is 9.58. The lowest BCUT2D eigenvalue weighted by Gasteiger charge is -2.32. The van der Waals surface area contributed by atoms with Crippen LogP contribution in [0.25, 0.3) is 0 Å². The lowest BCUT2D eigenvalue weighted by atomic mass is 10.3. The van der Waals surface area contributed by atoms with Gasteiger partial charge in [0, 0.05) is 24.7 Å². The van der Waals surface area contributed by atoms with Crippen LogP contribution in [0, 0.1) is 0 Å². The molecule has 0 amide bonds. The smallest absolute Gasteiger partial charge is 0.120 e. The van der Waals surface area contributed by atoms with E-state index in [0.717, 1.165) is 18.8 Å². The molecular weight excluding hydrogens is 254 g/mol. The molecule has 1 unspecified atom stereocenters. The molecule has 0 saturated carbocycles. The zero-order valence-corrected chi connectivity index (χ0v) is 11.0. The average Bonchev–Trinajstić information content (AvgIpc) is 2.37. The molecule has 0 spiro atoms. The number of nitrogens with zero attached hydrogens (tertiary/aromatic N) is 1. The topological polar surface area (TPSA) is 41.9 Å². The van der Waals surface area contributed by atoms with E-state index in [1.165, 1.54) is 0 Å². The van der Waals surface area contributed by atoms with E-state index in [2.05, 4.69) is 4.90 Å². The van der Waals surface area contributed by atoms with Crippen molar-refractivity contribution in [2.24, 2.45) is 0 Å². The van der Waals surface area contributed by atoms with Gasteiger partial charge in [-0.25, -0.2) is 0 Å². The van der Waals surface area contributed by atoms with Crippen LogP contribution in [0.15, 0.2) is 24.3 Å². The van der Waals surface area contributed by atoms with Crippen molar-refractivity contribution in [1.82, 2.24) is 4.90 Å². The summed E-state index contributed by atoms with van der Waals surface area (Å²) in [6, 6.07) is 7.34. The van der Waals surface area contributed by atoms with Gasteiger partial charge >= 0.3 is 0 Å². The van der Waals surface area contributed by atoms with Gasteiger partial charge in [0.05, 0.1) is 13.2 Å². The van der Waals surface area contributed by atoms with Gasteiger partial charge in [-0.15, -0.1) is 0 Å². The molecule has 1 N–H and O–H groups in total. The standard InChI is InChI=1S/C13H18ClNO3/c14-11-2-1-3-12(8-11)18-10-13-9-15(4-6-16)5-7-17-13/h1-3,8,13,16H,4-7,9-10H2. The van der Waals surface area contributed by atoms with E-state index in [-0.39, 0.29) is 12.7 Å². The molecule has 0 aliphatic carbocycles. The van der Waals surface area contributed by atoms with Crippen molar-refractivity contribution in [2.75, 3.05) is 39.5 Å². The largest absolute Gasteiger partial charge is 0.491 e. The number of hydrogen-bond donors (Lipinski definition) is 1. The SMILES string of the molecule is OCCN1CCOC(COc2cccc(Cl)c2)C1. The van der Waals surface area contributed by atoms with Crippen molar-refractivity contribution in [3.8, 4) is 5.75 Å². The number of β-amino-alcohol motifs (C(OH)–C–C–N with tert-alkyl or cyclic N) is 1. The molecule has 0 bridgehead atoms. The van der Waals surface area contributed by atoms with Gasteiger partial charge in [0.1, 0.15) is 18.5 Å². The molecule has 0 aromatic heterocycles. The summed E-state index contributed by atoms with van der Waals surface area (Å²) in [6.07, 6.45) is 0.0456. The van der Waals surface area contributed by atoms with Crippen molar-refractivity contribution >= 4 is 11.6 Å². The Bertz CT molecular complexity index is 373. The summed E-state index contributed by atoms with van der Waals surface area (Å²) in [5.74, 6) is 0.755. The third-order valence-electron chi connectivity index (χ3n) is 2.87. The maximum absolute atomic E-state index is 8.91. The van der Waals surface area contributed by atoms with Crippen LogP contribution in [0.2, 0.25) is 5.02 Å². The highest BCUT2D eigenvalue weighted by atomic mass is 35.5. The fourth-order valence-electron chi connectivity index (χ4n) is 1.97. The fourth-order valence-corrected chi connectivity index (χ4v) is 2.15. The Morgan fingerprint density at radius 2 is 2.39 bits per heavy atom. The Kier molecular flexibility index (Phi) is 5.26. The second-order valence-corrected chi connectivity index (χ2v) is 4.72. The van der Waals surface area contributed by atoms with E-state index in [9.17, 15) is 0 Å². The molecule has 100 valence electrons. The number of ether oxygens (including phenoxy) is 2. The first-order chi connectivity index (χ1) is 8.78. The molecule has 1 aliphatic heterocycles. The molecule has 1 saturated heterocycles. The lowest BCUT2D eigenvalue weighted by molar-refractivity contribution is -0.0508. The van der Waals surface area contributed by atoms with Gasteiger partial charge in [-0.2, -0.15) is 0 Å². The number of hydrogen-bond acceptors (Lipinski definition) is 4. The predicted octanol–water partition coefficient (Wildman–Crippen LogP) is 1.41. The van der Waals surface area contributed by atoms with Crippen LogP contribution in [0.3, 0.4) is 0 Å². The normalized spacial score (nSPS) is 20.9. The lowest BCUT2D eigenvalue weighted by Crippen LogP contribution is -2.45. The summed E-state index contributed by atoms with van der Waals surface area (Å²) < 4.78 is 11.3. The van der Waals surface area contributed by atoms with Crippen LogP contribution in [-0.4, -0.2) is 55.6 Å². The molecule has 1 atom stereocenters. The molecule has 18 heavy (non-hydrogen) atoms. The first-order valence-corrected chi connectivity index (χ1v) is 6.49. The van der Waals surface area contributed by atoms with Crippen LogP contribution in [-0.2, 0) is 4.74 Å². The number of aliphatic hydroxyl groups excluding tert-OH is 1. The highest BCUT2D eigenvalue weighted by molar-refractivity contribution is 6.30. The van der Waals surface area contributed by atoms with Crippen molar-refractivity contribution < 1.29 is 14.6 Å². The molecule has 1 aromatic rings. The Morgan fingerprint density at radius 3 is 3.17 bits per heavy atom. The molecule has 1 heterocycles. The Labute approximate surface area is 112 Å². The van der Waals surface area contributed by atoms with Gasteiger partial charge in [-0.1, -0.05) is 17.7 Å². The molecule has 5 heteroatoms. The molecule has 0 radical (unpaired) electrons. The minimum atomic E-state index is 0.0456. The summed E-state index contributed by atoms with van der Waals surface area (Å²) >= 11 is 5.88. The Morgan fingerprint density at radius 1 is 1.50 bits per heavy atom. The molecule has 1 fully saturated rings. The van der Waals surface area contributed by atoms with Crippen LogP contribution in [0.1, 0.15) is 0 Å². The van der Waals surface area contributed by atoms with Gasteiger partial charge in [0.15, 0.2) is 0 Å². The highest BCUT2D eigenvalue weighted by Crippen LogP contribution is 2.17. The molecular formula is C13H18ClNO3. The fraction of sp³-hybridized carbons (Fsp3) is 0.538. The van der Waals surface area contributed by atoms with Gasteiger partial charge in [0.2, 0.25) is 0 Å². The monoisotopic (exact) mass is 271 g/mol. The summed E-state index contributed by atoms with van der Waals surface area (Å²) in [4.78, 5) is 2.18. The minimum absolute atomic E-state index is 0.0456. The maximum Gasteiger partial charge on any atom is 0.120 e. The molecule has 1 aliphatic rings. The molecule has 2 rings (SSSR count). The quantitative estimate of drug-likeness (QED) is 0.879. The van der Waals surface area contributed by atoms with Crippen LogP contribution in [0.4, 0.5) is 0 Å². The van der Waals surface area contributed by atoms with E-state index in [1.54, 1.807) is 6.07 Å². The number of rotatable bonds is 5. The van der Waals surface area contributed by atoms with Crippen LogP contribution >= 0.6 is 11.6 Å². The van der Waals surface area contributed by atoms with Gasteiger partial charge in [-0.05, 0) is 18.2 Å². The zero-order chi connectivity index (χ0) is 12.8. The van der Waals surface area contributed by atoms with Crippen molar-refractivity contribution in [1.29, 1.82) is 0 Å². The number of benzene rings is 1. The number of halogens is 1. The van der Waals surface area contributed by atoms with Crippen molar-refractivity contribution in [3.05, 3.63) is 29.3 Å². The van der Waals surface area contributed by atoms with Crippen molar-refractivity contribution in [3.63, 3.8) is 0 Å². The third kappa shape index (κ3) is 4.14. The summed E-state index contributed by atoms with van der Waals surface area (Å²) in [6.45, 7) is 3.72. The second kappa shape index (κ2) is 6.95. The van der Waals surface area contributed by atoms with E-state index >= 15 is 0 Å². The Balaban J connectivity index is 1.79. The van der Waals surface area contributed by atoms with E-state index in [1.807, 2.05) is 18.2 Å². The number of morpholine rings is 1. The van der Waals surface area contributed by atoms with Crippen molar-refractivity contribution in [2.45, 2.75) is 6.10 Å². The van der Waals surface area contributed by atoms with Crippen LogP contribution < -0.4 is 4.74 Å². The maximum atomic E-state index is 8.91. The highest BCUT2D eigenvalue weighted by Gasteiger charge is 2.20. The molecule has 4 nitrogen and oxygen atoms in total. The van der Waals surface area contributed by atoms with Crippen LogP contribution in [0.5, 0.6) is 5.75 Å². The summed E-state index contributed by atoms with van der Waals surface area (Å²) in [5.41, 5.74) is 0. The summed E-state index contributed by atoms with van der Waals surface area (Å²) in [7, 11) is 0. The van der Waals surface area contributed by atoms with E-state index in [4.69, 9.17) is 26.2 Å². The first-order valence-electron chi connectivity index (χ1n) is 6.11. The first kappa shape index (κ1) is 13.6. The second-order valence-electron chi connectivity index (χ2n) is 4.29. The van der Waals surface area contributed by atoms with Gasteiger partial charge < -0.3 is 14.6 Å². The van der Waals surface area contributed by atoms with E-state index in [0.29, 0.717) is 24.8 Å². The molecule has 1 aromatic carbocycles. The third-order valence-corrected chi connectivity index (χ3v) is 3.11.